The smallest absolute Gasteiger partial charge is 0.350 e. The third-order valence-electron chi connectivity index (χ3n) is 5.05. The van der Waals surface area contributed by atoms with E-state index in [4.69, 9.17) is 12.3 Å². The minimum atomic E-state index is -2.69. The summed E-state index contributed by atoms with van der Waals surface area (Å²) in [6, 6.07) is 31.3. The molecule has 0 amide bonds. The predicted molar refractivity (Wildman–Crippen MR) is 128 cm³/mol. The maximum absolute atomic E-state index is 6.94. The van der Waals surface area contributed by atoms with Gasteiger partial charge in [-0.25, -0.2) is 0 Å². The first-order valence-corrected chi connectivity index (χ1v) is 17.2. The first-order valence-electron chi connectivity index (χ1n) is 9.56. The Balaban J connectivity index is 1.97. The normalized spacial score (nSPS) is 16.8. The van der Waals surface area contributed by atoms with Crippen molar-refractivity contribution in [3.8, 4) is 0 Å². The molecule has 0 aliphatic carbocycles. The topological polar surface area (TPSA) is 27.7 Å². The lowest BCUT2D eigenvalue weighted by Gasteiger charge is -2.38. The van der Waals surface area contributed by atoms with Gasteiger partial charge in [0.15, 0.2) is 9.04 Å². The fourth-order valence-corrected chi connectivity index (χ4v) is 16.1. The van der Waals surface area contributed by atoms with Gasteiger partial charge in [-0.1, -0.05) is 91.0 Å². The van der Waals surface area contributed by atoms with Crippen LogP contribution in [-0.2, 0) is 12.3 Å². The molecule has 3 rings (SSSR count). The predicted octanol–water partition coefficient (Wildman–Crippen LogP) is 1.54. The second kappa shape index (κ2) is 9.27. The molecule has 0 fully saturated rings. The summed E-state index contributed by atoms with van der Waals surface area (Å²) in [4.78, 5) is 0. The Morgan fingerprint density at radius 1 is 0.679 bits per heavy atom. The van der Waals surface area contributed by atoms with E-state index in [2.05, 4.69) is 80.3 Å². The van der Waals surface area contributed by atoms with E-state index in [9.17, 15) is 0 Å². The second-order valence-corrected chi connectivity index (χ2v) is 17.4. The lowest BCUT2D eigenvalue weighted by atomic mass is 10.4. The lowest BCUT2D eigenvalue weighted by molar-refractivity contribution is 0.360. The van der Waals surface area contributed by atoms with Gasteiger partial charge >= 0.3 is 17.1 Å². The van der Waals surface area contributed by atoms with Gasteiger partial charge in [0, 0.05) is 0 Å². The monoisotopic (exact) mass is 440 g/mol. The van der Waals surface area contributed by atoms with Crippen molar-refractivity contribution in [1.29, 1.82) is 0 Å². The van der Waals surface area contributed by atoms with Gasteiger partial charge < -0.3 is 12.3 Å². The Bertz CT molecular complexity index is 867. The van der Waals surface area contributed by atoms with Crippen LogP contribution >= 0.6 is 0 Å². The quantitative estimate of drug-likeness (QED) is 0.497. The number of rotatable bonds is 8. The average Bonchev–Trinajstić information content (AvgIpc) is 2.75. The fraction of sp³-hybridized carbons (Fsp3) is 0.143. The molecule has 0 spiro atoms. The standard InChI is InChI=1S/C21H28O3Si4/c1-26(19-13-7-4-8-14-19)23-28(3,21-17-11-6-12-18-21)24-27(2,22-25)20-15-9-5-10-16-20/h4-18,26H,1-3,25H3. The molecule has 146 valence electrons. The Labute approximate surface area is 175 Å². The van der Waals surface area contributed by atoms with E-state index in [1.54, 1.807) is 0 Å². The summed E-state index contributed by atoms with van der Waals surface area (Å²) in [6.45, 7) is 6.54. The van der Waals surface area contributed by atoms with Crippen LogP contribution in [0.5, 0.6) is 0 Å². The molecule has 0 radical (unpaired) electrons. The van der Waals surface area contributed by atoms with E-state index < -0.39 is 26.2 Å². The Morgan fingerprint density at radius 2 is 1.11 bits per heavy atom. The highest BCUT2D eigenvalue weighted by atomic mass is 28.5. The summed E-state index contributed by atoms with van der Waals surface area (Å²) >= 11 is 0. The van der Waals surface area contributed by atoms with E-state index in [1.165, 1.54) is 5.19 Å². The van der Waals surface area contributed by atoms with Crippen molar-refractivity contribution in [3.05, 3.63) is 91.0 Å². The maximum atomic E-state index is 6.94. The highest BCUT2D eigenvalue weighted by molar-refractivity contribution is 6.96. The minimum absolute atomic E-state index is 0.627. The Hall–Kier alpha value is -1.59. The van der Waals surface area contributed by atoms with E-state index >= 15 is 0 Å². The van der Waals surface area contributed by atoms with Gasteiger partial charge in [0.25, 0.3) is 0 Å². The number of hydrogen-bond acceptors (Lipinski definition) is 3. The summed E-state index contributed by atoms with van der Waals surface area (Å²) in [5.74, 6) is 0. The van der Waals surface area contributed by atoms with Gasteiger partial charge in [-0.15, -0.1) is 0 Å². The Kier molecular flexibility index (Phi) is 6.99. The summed E-state index contributed by atoms with van der Waals surface area (Å²) in [5, 5.41) is 3.59. The van der Waals surface area contributed by atoms with Crippen molar-refractivity contribution in [2.45, 2.75) is 19.6 Å². The zero-order chi connectivity index (χ0) is 20.0. The molecule has 3 nitrogen and oxygen atoms in total. The number of benzene rings is 3. The minimum Gasteiger partial charge on any atom is -0.442 e. The van der Waals surface area contributed by atoms with Crippen molar-refractivity contribution in [3.63, 3.8) is 0 Å². The van der Waals surface area contributed by atoms with E-state index in [1.807, 2.05) is 30.3 Å². The third-order valence-corrected chi connectivity index (χ3v) is 18.6. The van der Waals surface area contributed by atoms with Crippen molar-refractivity contribution < 1.29 is 12.3 Å². The van der Waals surface area contributed by atoms with Crippen LogP contribution in [0.25, 0.3) is 0 Å². The molecule has 0 aliphatic heterocycles. The van der Waals surface area contributed by atoms with Crippen LogP contribution in [0.1, 0.15) is 0 Å². The molecule has 3 aromatic carbocycles. The zero-order valence-corrected chi connectivity index (χ0v) is 22.1. The van der Waals surface area contributed by atoms with Crippen LogP contribution in [0.3, 0.4) is 0 Å². The van der Waals surface area contributed by atoms with Crippen molar-refractivity contribution >= 4 is 52.2 Å². The number of hydrogen-bond donors (Lipinski definition) is 0. The summed E-state index contributed by atoms with van der Waals surface area (Å²) < 4.78 is 20.0. The molecule has 3 aromatic rings. The highest BCUT2D eigenvalue weighted by Crippen LogP contribution is 2.18. The largest absolute Gasteiger partial charge is 0.442 e. The molecule has 7 heteroatoms. The van der Waals surface area contributed by atoms with Crippen LogP contribution in [0.4, 0.5) is 0 Å². The van der Waals surface area contributed by atoms with Crippen LogP contribution in [0.15, 0.2) is 91.0 Å². The maximum Gasteiger partial charge on any atom is 0.350 e. The van der Waals surface area contributed by atoms with Crippen molar-refractivity contribution in [1.82, 2.24) is 0 Å². The lowest BCUT2D eigenvalue weighted by Crippen LogP contribution is -2.65. The summed E-state index contributed by atoms with van der Waals surface area (Å²) in [7, 11) is -6.26. The van der Waals surface area contributed by atoms with Gasteiger partial charge in [-0.2, -0.15) is 0 Å². The summed E-state index contributed by atoms with van der Waals surface area (Å²) in [6.07, 6.45) is 0. The molecule has 28 heavy (non-hydrogen) atoms. The van der Waals surface area contributed by atoms with Gasteiger partial charge in [-0.3, -0.25) is 0 Å². The summed E-state index contributed by atoms with van der Waals surface area (Å²) in [5.41, 5.74) is 0. The van der Waals surface area contributed by atoms with Gasteiger partial charge in [0.2, 0.25) is 0 Å². The molecule has 0 saturated heterocycles. The average molecular weight is 441 g/mol. The van der Waals surface area contributed by atoms with Crippen LogP contribution in [0.2, 0.25) is 19.6 Å². The molecule has 0 heterocycles. The first-order chi connectivity index (χ1) is 13.5. The van der Waals surface area contributed by atoms with Crippen LogP contribution < -0.4 is 15.6 Å². The molecule has 0 bridgehead atoms. The van der Waals surface area contributed by atoms with E-state index in [-0.39, 0.29) is 0 Å². The van der Waals surface area contributed by atoms with Crippen LogP contribution in [0, 0.1) is 0 Å². The molecule has 0 saturated carbocycles. The highest BCUT2D eigenvalue weighted by Gasteiger charge is 2.46. The second-order valence-electron chi connectivity index (χ2n) is 7.10. The molecular weight excluding hydrogens is 413 g/mol. The molecule has 3 atom stereocenters. The van der Waals surface area contributed by atoms with Crippen molar-refractivity contribution in [2.75, 3.05) is 0 Å². The Morgan fingerprint density at radius 3 is 1.57 bits per heavy atom. The molecule has 3 unspecified atom stereocenters. The molecular formula is C21H28O3Si4. The van der Waals surface area contributed by atoms with Crippen molar-refractivity contribution in [2.24, 2.45) is 0 Å². The molecule has 0 aromatic heterocycles. The van der Waals surface area contributed by atoms with Crippen LogP contribution in [-0.4, -0.2) is 36.6 Å². The van der Waals surface area contributed by atoms with Gasteiger partial charge in [-0.05, 0) is 35.2 Å². The van der Waals surface area contributed by atoms with E-state index in [0.29, 0.717) is 10.5 Å². The third kappa shape index (κ3) is 4.87. The van der Waals surface area contributed by atoms with Gasteiger partial charge in [0.05, 0.1) is 0 Å². The van der Waals surface area contributed by atoms with Gasteiger partial charge in [0.1, 0.15) is 10.5 Å². The fourth-order valence-electron chi connectivity index (χ4n) is 3.35. The molecule has 0 aliphatic rings. The van der Waals surface area contributed by atoms with E-state index in [0.717, 1.165) is 10.4 Å². The molecule has 0 N–H and O–H groups in total. The first kappa shape index (κ1) is 21.1. The SMILES string of the molecule is C[SiH](O[Si](C)(O[Si](C)(O[SiH3])c1ccccc1)c1ccccc1)c1ccccc1. The zero-order valence-electron chi connectivity index (χ0n) is 17.0.